The van der Waals surface area contributed by atoms with E-state index >= 15 is 0 Å². The highest BCUT2D eigenvalue weighted by molar-refractivity contribution is 5.91. The van der Waals surface area contributed by atoms with Gasteiger partial charge in [-0.15, -0.1) is 0 Å². The van der Waals surface area contributed by atoms with Crippen LogP contribution in [-0.4, -0.2) is 11.9 Å². The first-order valence-electron chi connectivity index (χ1n) is 7.30. The van der Waals surface area contributed by atoms with Crippen LogP contribution in [0, 0.1) is 11.7 Å². The van der Waals surface area contributed by atoms with Gasteiger partial charge in [0.15, 0.2) is 11.6 Å². The maximum absolute atomic E-state index is 13.5. The van der Waals surface area contributed by atoms with Crippen molar-refractivity contribution in [3.8, 4) is 5.75 Å². The number of para-hydroxylation sites is 1. The Morgan fingerprint density at radius 3 is 2.57 bits per heavy atom. The van der Waals surface area contributed by atoms with Crippen LogP contribution in [0.3, 0.4) is 0 Å². The topological polar surface area (TPSA) is 55.4 Å². The fourth-order valence-electron chi connectivity index (χ4n) is 1.89. The summed E-state index contributed by atoms with van der Waals surface area (Å²) >= 11 is 0. The molecule has 0 fully saturated rings. The lowest BCUT2D eigenvalue weighted by Gasteiger charge is -2.09. The number of ether oxygens (including phenoxy) is 1. The summed E-state index contributed by atoms with van der Waals surface area (Å²) in [7, 11) is 0. The molecular weight excluding hydrogens is 297 g/mol. The molecule has 0 heterocycles. The molecule has 120 valence electrons. The number of hydrogen-bond donors (Lipinski definition) is 1. The SMILES string of the molecule is CC(C)C(=O)NCc1cccc(C(=O)Oc2ccccc2F)c1. The quantitative estimate of drug-likeness (QED) is 0.680. The largest absolute Gasteiger partial charge is 0.420 e. The second-order valence-electron chi connectivity index (χ2n) is 5.39. The molecule has 0 atom stereocenters. The first-order chi connectivity index (χ1) is 11.0. The molecule has 2 rings (SSSR count). The lowest BCUT2D eigenvalue weighted by Crippen LogP contribution is -2.27. The lowest BCUT2D eigenvalue weighted by molar-refractivity contribution is -0.124. The van der Waals surface area contributed by atoms with Crippen LogP contribution in [0.1, 0.15) is 29.8 Å². The highest BCUT2D eigenvalue weighted by Gasteiger charge is 2.12. The zero-order valence-corrected chi connectivity index (χ0v) is 13.0. The van der Waals surface area contributed by atoms with Crippen molar-refractivity contribution in [2.45, 2.75) is 20.4 Å². The van der Waals surface area contributed by atoms with E-state index in [0.29, 0.717) is 12.1 Å². The van der Waals surface area contributed by atoms with Crippen LogP contribution in [0.5, 0.6) is 5.75 Å². The molecule has 0 radical (unpaired) electrons. The van der Waals surface area contributed by atoms with E-state index in [1.807, 2.05) is 0 Å². The van der Waals surface area contributed by atoms with Gasteiger partial charge in [0.05, 0.1) is 5.56 Å². The number of amides is 1. The summed E-state index contributed by atoms with van der Waals surface area (Å²) in [6, 6.07) is 12.4. The van der Waals surface area contributed by atoms with Gasteiger partial charge >= 0.3 is 5.97 Å². The average molecular weight is 315 g/mol. The number of hydrogen-bond acceptors (Lipinski definition) is 3. The highest BCUT2D eigenvalue weighted by Crippen LogP contribution is 2.17. The van der Waals surface area contributed by atoms with Crippen molar-refractivity contribution in [3.63, 3.8) is 0 Å². The van der Waals surface area contributed by atoms with Crippen molar-refractivity contribution in [2.75, 3.05) is 0 Å². The summed E-state index contributed by atoms with van der Waals surface area (Å²) in [5.74, 6) is -1.53. The van der Waals surface area contributed by atoms with Crippen LogP contribution in [0.2, 0.25) is 0 Å². The predicted molar refractivity (Wildman–Crippen MR) is 84.5 cm³/mol. The second kappa shape index (κ2) is 7.54. The van der Waals surface area contributed by atoms with Crippen LogP contribution in [-0.2, 0) is 11.3 Å². The van der Waals surface area contributed by atoms with Gasteiger partial charge in [-0.3, -0.25) is 4.79 Å². The Hall–Kier alpha value is -2.69. The third-order valence-electron chi connectivity index (χ3n) is 3.19. The monoisotopic (exact) mass is 315 g/mol. The van der Waals surface area contributed by atoms with E-state index < -0.39 is 11.8 Å². The number of carbonyl (C=O) groups is 2. The van der Waals surface area contributed by atoms with Gasteiger partial charge in [-0.05, 0) is 29.8 Å². The summed E-state index contributed by atoms with van der Waals surface area (Å²) in [6.45, 7) is 3.92. The number of carbonyl (C=O) groups excluding carboxylic acids is 2. The predicted octanol–water partition coefficient (Wildman–Crippen LogP) is 3.32. The van der Waals surface area contributed by atoms with Crippen LogP contribution < -0.4 is 10.1 Å². The molecule has 5 heteroatoms. The normalized spacial score (nSPS) is 10.4. The molecule has 0 unspecified atom stereocenters. The minimum atomic E-state index is -0.646. The van der Waals surface area contributed by atoms with E-state index in [-0.39, 0.29) is 17.6 Å². The molecule has 0 bridgehead atoms. The zero-order chi connectivity index (χ0) is 16.8. The second-order valence-corrected chi connectivity index (χ2v) is 5.39. The van der Waals surface area contributed by atoms with E-state index in [1.165, 1.54) is 18.2 Å². The van der Waals surface area contributed by atoms with E-state index in [0.717, 1.165) is 5.56 Å². The minimum absolute atomic E-state index is 0.0654. The Morgan fingerprint density at radius 2 is 1.87 bits per heavy atom. The van der Waals surface area contributed by atoms with Gasteiger partial charge in [0.1, 0.15) is 0 Å². The van der Waals surface area contributed by atoms with Crippen LogP contribution in [0.4, 0.5) is 4.39 Å². The van der Waals surface area contributed by atoms with Gasteiger partial charge in [0.25, 0.3) is 0 Å². The summed E-state index contributed by atoms with van der Waals surface area (Å²) in [4.78, 5) is 23.7. The Bertz CT molecular complexity index is 713. The fourth-order valence-corrected chi connectivity index (χ4v) is 1.89. The van der Waals surface area contributed by atoms with Crippen molar-refractivity contribution in [3.05, 3.63) is 65.5 Å². The van der Waals surface area contributed by atoms with Crippen molar-refractivity contribution < 1.29 is 18.7 Å². The molecule has 4 nitrogen and oxygen atoms in total. The van der Waals surface area contributed by atoms with Gasteiger partial charge in [0, 0.05) is 12.5 Å². The number of rotatable bonds is 5. The molecule has 0 aliphatic carbocycles. The van der Waals surface area contributed by atoms with Crippen LogP contribution in [0.15, 0.2) is 48.5 Å². The number of esters is 1. The van der Waals surface area contributed by atoms with Crippen molar-refractivity contribution in [1.29, 1.82) is 0 Å². The Morgan fingerprint density at radius 1 is 1.13 bits per heavy atom. The van der Waals surface area contributed by atoms with Gasteiger partial charge < -0.3 is 10.1 Å². The number of benzene rings is 2. The standard InChI is InChI=1S/C18H18FNO3/c1-12(2)17(21)20-11-13-6-5-7-14(10-13)18(22)23-16-9-4-3-8-15(16)19/h3-10,12H,11H2,1-2H3,(H,20,21). The molecule has 2 aromatic carbocycles. The van der Waals surface area contributed by atoms with E-state index in [9.17, 15) is 14.0 Å². The average Bonchev–Trinajstić information content (AvgIpc) is 2.54. The van der Waals surface area contributed by atoms with Crippen LogP contribution >= 0.6 is 0 Å². The van der Waals surface area contributed by atoms with Gasteiger partial charge in [-0.2, -0.15) is 0 Å². The zero-order valence-electron chi connectivity index (χ0n) is 13.0. The van der Waals surface area contributed by atoms with Crippen molar-refractivity contribution in [2.24, 2.45) is 5.92 Å². The molecule has 0 aliphatic rings. The smallest absolute Gasteiger partial charge is 0.343 e. The molecule has 2 aromatic rings. The number of halogens is 1. The molecule has 0 aliphatic heterocycles. The Kier molecular flexibility index (Phi) is 5.46. The van der Waals surface area contributed by atoms with E-state index in [1.54, 1.807) is 44.2 Å². The maximum Gasteiger partial charge on any atom is 0.343 e. The third kappa shape index (κ3) is 4.64. The molecule has 0 saturated carbocycles. The molecule has 1 amide bonds. The molecular formula is C18H18FNO3. The van der Waals surface area contributed by atoms with Gasteiger partial charge in [-0.25, -0.2) is 9.18 Å². The summed E-state index contributed by atoms with van der Waals surface area (Å²) < 4.78 is 18.6. The molecule has 0 spiro atoms. The summed E-state index contributed by atoms with van der Waals surface area (Å²) in [5.41, 5.74) is 1.06. The highest BCUT2D eigenvalue weighted by atomic mass is 19.1. The Balaban J connectivity index is 2.05. The number of nitrogens with one attached hydrogen (secondary N) is 1. The Labute approximate surface area is 134 Å². The van der Waals surface area contributed by atoms with Crippen molar-refractivity contribution >= 4 is 11.9 Å². The lowest BCUT2D eigenvalue weighted by atomic mass is 10.1. The molecule has 1 N–H and O–H groups in total. The molecule has 23 heavy (non-hydrogen) atoms. The maximum atomic E-state index is 13.5. The van der Waals surface area contributed by atoms with E-state index in [2.05, 4.69) is 5.32 Å². The van der Waals surface area contributed by atoms with Gasteiger partial charge in [0.2, 0.25) is 5.91 Å². The minimum Gasteiger partial charge on any atom is -0.420 e. The first kappa shape index (κ1) is 16.7. The third-order valence-corrected chi connectivity index (χ3v) is 3.19. The van der Waals surface area contributed by atoms with E-state index in [4.69, 9.17) is 4.74 Å². The molecule has 0 saturated heterocycles. The van der Waals surface area contributed by atoms with Crippen LogP contribution in [0.25, 0.3) is 0 Å². The van der Waals surface area contributed by atoms with Crippen molar-refractivity contribution in [1.82, 2.24) is 5.32 Å². The van der Waals surface area contributed by atoms with Gasteiger partial charge in [-0.1, -0.05) is 38.1 Å². The molecule has 0 aromatic heterocycles. The first-order valence-corrected chi connectivity index (χ1v) is 7.30. The fraction of sp³-hybridized carbons (Fsp3) is 0.222. The summed E-state index contributed by atoms with van der Waals surface area (Å²) in [5, 5.41) is 2.77. The summed E-state index contributed by atoms with van der Waals surface area (Å²) in [6.07, 6.45) is 0.